The summed E-state index contributed by atoms with van der Waals surface area (Å²) in [5.41, 5.74) is 15.1. The van der Waals surface area contributed by atoms with Crippen LogP contribution in [-0.2, 0) is 0 Å². The SMILES string of the molecule is c1ccc(-c2nc(-c3ccc(-c4ccc5c(c4)-c4ccnc6cccc-5c46)cc3)nc(-c3cccc4c(-c5cccc6oc7ccccc7c56)cccc34)n2)cc1. The summed E-state index contributed by atoms with van der Waals surface area (Å²) in [6.07, 6.45) is 1.91. The first-order valence-corrected chi connectivity index (χ1v) is 19.1. The zero-order chi connectivity index (χ0) is 37.5. The van der Waals surface area contributed by atoms with Crippen LogP contribution in [0.25, 0.3) is 122 Å². The highest BCUT2D eigenvalue weighted by atomic mass is 16.3. The monoisotopic (exact) mass is 726 g/mol. The summed E-state index contributed by atoms with van der Waals surface area (Å²) in [5.74, 6) is 1.88. The maximum absolute atomic E-state index is 6.27. The van der Waals surface area contributed by atoms with Crippen LogP contribution in [0.5, 0.6) is 0 Å². The molecule has 0 spiro atoms. The molecule has 0 atom stereocenters. The summed E-state index contributed by atoms with van der Waals surface area (Å²) in [7, 11) is 0. The molecule has 8 aromatic carbocycles. The summed E-state index contributed by atoms with van der Waals surface area (Å²) < 4.78 is 6.27. The highest BCUT2D eigenvalue weighted by Crippen LogP contribution is 2.48. The topological polar surface area (TPSA) is 64.7 Å². The number of rotatable bonds is 5. The van der Waals surface area contributed by atoms with E-state index in [0.717, 1.165) is 77.2 Å². The van der Waals surface area contributed by atoms with Gasteiger partial charge in [0.2, 0.25) is 0 Å². The number of hydrogen-bond acceptors (Lipinski definition) is 5. The number of benzene rings is 8. The fourth-order valence-corrected chi connectivity index (χ4v) is 8.73. The molecule has 0 saturated carbocycles. The molecule has 1 aliphatic carbocycles. The summed E-state index contributed by atoms with van der Waals surface area (Å²) in [5, 5.41) is 5.63. The first-order chi connectivity index (χ1) is 28.2. The molecule has 11 aromatic rings. The van der Waals surface area contributed by atoms with Crippen LogP contribution in [0.4, 0.5) is 0 Å². The van der Waals surface area contributed by atoms with E-state index in [0.29, 0.717) is 17.5 Å². The number of nitrogens with zero attached hydrogens (tertiary/aromatic N) is 4. The molecular weight excluding hydrogens is 697 g/mol. The van der Waals surface area contributed by atoms with Gasteiger partial charge in [-0.05, 0) is 85.6 Å². The third-order valence-corrected chi connectivity index (χ3v) is 11.4. The van der Waals surface area contributed by atoms with Crippen molar-refractivity contribution in [3.05, 3.63) is 182 Å². The van der Waals surface area contributed by atoms with Crippen molar-refractivity contribution in [3.63, 3.8) is 0 Å². The Morgan fingerprint density at radius 2 is 0.895 bits per heavy atom. The number of fused-ring (bicyclic) bond motifs is 7. The summed E-state index contributed by atoms with van der Waals surface area (Å²) in [4.78, 5) is 20.0. The molecule has 12 rings (SSSR count). The maximum Gasteiger partial charge on any atom is 0.164 e. The lowest BCUT2D eigenvalue weighted by Crippen LogP contribution is -2.00. The van der Waals surface area contributed by atoms with Crippen LogP contribution in [0.2, 0.25) is 0 Å². The van der Waals surface area contributed by atoms with Gasteiger partial charge in [-0.3, -0.25) is 4.98 Å². The van der Waals surface area contributed by atoms with E-state index in [9.17, 15) is 0 Å². The van der Waals surface area contributed by atoms with Crippen molar-refractivity contribution >= 4 is 43.6 Å². The summed E-state index contributed by atoms with van der Waals surface area (Å²) in [6.45, 7) is 0. The highest BCUT2D eigenvalue weighted by molar-refractivity contribution is 6.17. The quantitative estimate of drug-likeness (QED) is 0.177. The Morgan fingerprint density at radius 1 is 0.316 bits per heavy atom. The van der Waals surface area contributed by atoms with Gasteiger partial charge in [-0.2, -0.15) is 0 Å². The van der Waals surface area contributed by atoms with E-state index in [1.165, 1.54) is 27.6 Å². The Bertz CT molecular complexity index is 3400. The van der Waals surface area contributed by atoms with E-state index in [1.807, 2.05) is 54.7 Å². The van der Waals surface area contributed by atoms with Crippen molar-refractivity contribution in [1.29, 1.82) is 0 Å². The smallest absolute Gasteiger partial charge is 0.164 e. The van der Waals surface area contributed by atoms with Crippen LogP contribution < -0.4 is 0 Å². The number of furan rings is 1. The predicted octanol–water partition coefficient (Wildman–Crippen LogP) is 13.5. The Balaban J connectivity index is 0.973. The molecule has 0 unspecified atom stereocenters. The molecule has 5 heteroatoms. The lowest BCUT2D eigenvalue weighted by Gasteiger charge is -2.13. The largest absolute Gasteiger partial charge is 0.456 e. The molecule has 57 heavy (non-hydrogen) atoms. The second kappa shape index (κ2) is 12.4. The minimum atomic E-state index is 0.622. The lowest BCUT2D eigenvalue weighted by molar-refractivity contribution is 0.669. The van der Waals surface area contributed by atoms with Crippen LogP contribution in [0.15, 0.2) is 187 Å². The molecule has 0 fully saturated rings. The van der Waals surface area contributed by atoms with E-state index in [-0.39, 0.29) is 0 Å². The highest BCUT2D eigenvalue weighted by Gasteiger charge is 2.22. The van der Waals surface area contributed by atoms with Crippen LogP contribution in [-0.4, -0.2) is 19.9 Å². The Morgan fingerprint density at radius 3 is 1.74 bits per heavy atom. The van der Waals surface area contributed by atoms with Crippen molar-refractivity contribution in [3.8, 4) is 78.7 Å². The minimum absolute atomic E-state index is 0.622. The van der Waals surface area contributed by atoms with Crippen LogP contribution >= 0.6 is 0 Å². The fourth-order valence-electron chi connectivity index (χ4n) is 8.73. The van der Waals surface area contributed by atoms with Gasteiger partial charge in [0.15, 0.2) is 17.5 Å². The van der Waals surface area contributed by atoms with E-state index in [2.05, 4.69) is 132 Å². The van der Waals surface area contributed by atoms with Gasteiger partial charge in [0.25, 0.3) is 0 Å². The Hall–Kier alpha value is -7.76. The molecule has 5 nitrogen and oxygen atoms in total. The van der Waals surface area contributed by atoms with E-state index in [4.69, 9.17) is 19.4 Å². The van der Waals surface area contributed by atoms with Crippen molar-refractivity contribution in [1.82, 2.24) is 19.9 Å². The van der Waals surface area contributed by atoms with Crippen molar-refractivity contribution < 1.29 is 4.42 Å². The molecule has 0 aliphatic heterocycles. The van der Waals surface area contributed by atoms with Crippen molar-refractivity contribution in [2.45, 2.75) is 0 Å². The standard InChI is InChI=1S/C52H30N4O/c1-2-10-32(11-3-1)50-54-51(33-24-22-31(23-25-33)34-26-27-38-39-16-8-19-45-48(39)41(28-29-53-45)44(38)30-34)56-52(55-50)42-18-7-13-35-36(14-6-15-37(35)42)40-17-9-21-47-49(40)43-12-4-5-20-46(43)57-47/h1-30H. The first-order valence-electron chi connectivity index (χ1n) is 19.1. The lowest BCUT2D eigenvalue weighted by atomic mass is 9.93. The minimum Gasteiger partial charge on any atom is -0.456 e. The van der Waals surface area contributed by atoms with Crippen molar-refractivity contribution in [2.75, 3.05) is 0 Å². The fraction of sp³-hybridized carbons (Fsp3) is 0. The molecule has 0 N–H and O–H groups in total. The zero-order valence-electron chi connectivity index (χ0n) is 30.5. The van der Waals surface area contributed by atoms with Gasteiger partial charge in [-0.1, -0.05) is 146 Å². The predicted molar refractivity (Wildman–Crippen MR) is 232 cm³/mol. The summed E-state index contributed by atoms with van der Waals surface area (Å²) in [6, 6.07) is 61.4. The molecular formula is C52H30N4O. The van der Waals surface area contributed by atoms with Gasteiger partial charge >= 0.3 is 0 Å². The van der Waals surface area contributed by atoms with Crippen LogP contribution in [0.1, 0.15) is 0 Å². The third kappa shape index (κ3) is 4.96. The molecule has 0 amide bonds. The molecule has 0 bridgehead atoms. The molecule has 1 aliphatic rings. The van der Waals surface area contributed by atoms with E-state index >= 15 is 0 Å². The van der Waals surface area contributed by atoms with Gasteiger partial charge in [0.1, 0.15) is 11.2 Å². The molecule has 264 valence electrons. The average molecular weight is 727 g/mol. The second-order valence-electron chi connectivity index (χ2n) is 14.6. The van der Waals surface area contributed by atoms with Gasteiger partial charge in [0.05, 0.1) is 5.52 Å². The Kier molecular flexibility index (Phi) is 6.86. The van der Waals surface area contributed by atoms with Gasteiger partial charge in [0, 0.05) is 39.0 Å². The normalized spacial score (nSPS) is 11.9. The molecule has 3 heterocycles. The molecule has 0 saturated heterocycles. The van der Waals surface area contributed by atoms with Crippen LogP contribution in [0, 0.1) is 0 Å². The molecule has 0 radical (unpaired) electrons. The van der Waals surface area contributed by atoms with E-state index in [1.54, 1.807) is 0 Å². The number of para-hydroxylation sites is 1. The third-order valence-electron chi connectivity index (χ3n) is 11.4. The zero-order valence-corrected chi connectivity index (χ0v) is 30.5. The Labute approximate surface area is 327 Å². The first kappa shape index (κ1) is 31.6. The molecule has 3 aromatic heterocycles. The number of aromatic nitrogens is 4. The van der Waals surface area contributed by atoms with Crippen LogP contribution in [0.3, 0.4) is 0 Å². The number of hydrogen-bond donors (Lipinski definition) is 0. The van der Waals surface area contributed by atoms with E-state index < -0.39 is 0 Å². The average Bonchev–Trinajstić information content (AvgIpc) is 3.83. The summed E-state index contributed by atoms with van der Waals surface area (Å²) >= 11 is 0. The van der Waals surface area contributed by atoms with Gasteiger partial charge in [-0.15, -0.1) is 0 Å². The van der Waals surface area contributed by atoms with Crippen molar-refractivity contribution in [2.24, 2.45) is 0 Å². The number of pyridine rings is 1. The van der Waals surface area contributed by atoms with Gasteiger partial charge in [-0.25, -0.2) is 15.0 Å². The maximum atomic E-state index is 6.27. The van der Waals surface area contributed by atoms with Gasteiger partial charge < -0.3 is 4.42 Å². The second-order valence-corrected chi connectivity index (χ2v) is 14.6.